The molecule has 1 amide bonds. The molecular formula is C15H18N4O2. The number of rotatable bonds is 6. The van der Waals surface area contributed by atoms with Gasteiger partial charge in [-0.3, -0.25) is 4.79 Å². The summed E-state index contributed by atoms with van der Waals surface area (Å²) in [4.78, 5) is 19.9. The van der Waals surface area contributed by atoms with Crippen molar-refractivity contribution >= 4 is 11.7 Å². The Morgan fingerprint density at radius 1 is 1.19 bits per heavy atom. The maximum absolute atomic E-state index is 11.9. The van der Waals surface area contributed by atoms with Crippen LogP contribution < -0.4 is 15.4 Å². The molecule has 1 heterocycles. The number of hydrogen-bond acceptors (Lipinski definition) is 5. The van der Waals surface area contributed by atoms with Crippen molar-refractivity contribution in [2.75, 3.05) is 25.5 Å². The molecule has 0 aliphatic carbocycles. The molecular weight excluding hydrogens is 268 g/mol. The van der Waals surface area contributed by atoms with Crippen LogP contribution in [-0.2, 0) is 0 Å². The molecule has 21 heavy (non-hydrogen) atoms. The van der Waals surface area contributed by atoms with Crippen LogP contribution in [0.5, 0.6) is 5.88 Å². The molecule has 0 saturated heterocycles. The second-order valence-electron chi connectivity index (χ2n) is 4.49. The van der Waals surface area contributed by atoms with Crippen molar-refractivity contribution in [3.63, 3.8) is 0 Å². The largest absolute Gasteiger partial charge is 0.481 e. The maximum Gasteiger partial charge on any atom is 0.251 e. The third-order valence-electron chi connectivity index (χ3n) is 2.88. The van der Waals surface area contributed by atoms with Gasteiger partial charge in [-0.1, -0.05) is 17.7 Å². The molecule has 2 aromatic rings. The minimum absolute atomic E-state index is 0.0860. The highest BCUT2D eigenvalue weighted by atomic mass is 16.5. The van der Waals surface area contributed by atoms with E-state index in [9.17, 15) is 4.79 Å². The van der Waals surface area contributed by atoms with Gasteiger partial charge < -0.3 is 15.4 Å². The minimum Gasteiger partial charge on any atom is -0.481 e. The average Bonchev–Trinajstić information content (AvgIpc) is 2.52. The number of carbonyl (C=O) groups excluding carboxylic acids is 1. The summed E-state index contributed by atoms with van der Waals surface area (Å²) in [6, 6.07) is 9.16. The van der Waals surface area contributed by atoms with Crippen LogP contribution in [0.2, 0.25) is 0 Å². The molecule has 6 heteroatoms. The number of carbonyl (C=O) groups is 1. The molecule has 0 fully saturated rings. The zero-order valence-electron chi connectivity index (χ0n) is 12.1. The van der Waals surface area contributed by atoms with Crippen LogP contribution in [0.15, 0.2) is 36.7 Å². The van der Waals surface area contributed by atoms with E-state index < -0.39 is 0 Å². The number of nitrogens with zero attached hydrogens (tertiary/aromatic N) is 2. The highest BCUT2D eigenvalue weighted by Crippen LogP contribution is 2.09. The first-order valence-electron chi connectivity index (χ1n) is 6.64. The van der Waals surface area contributed by atoms with Crippen LogP contribution in [0.25, 0.3) is 0 Å². The van der Waals surface area contributed by atoms with Crippen LogP contribution in [0.4, 0.5) is 5.82 Å². The molecule has 0 radical (unpaired) electrons. The normalized spacial score (nSPS) is 10.0. The Morgan fingerprint density at radius 2 is 1.95 bits per heavy atom. The minimum atomic E-state index is -0.0860. The van der Waals surface area contributed by atoms with E-state index in [4.69, 9.17) is 4.74 Å². The van der Waals surface area contributed by atoms with Gasteiger partial charge in [0, 0.05) is 24.7 Å². The predicted molar refractivity (Wildman–Crippen MR) is 80.6 cm³/mol. The molecule has 0 bridgehead atoms. The summed E-state index contributed by atoms with van der Waals surface area (Å²) in [7, 11) is 1.55. The van der Waals surface area contributed by atoms with Crippen LogP contribution in [0, 0.1) is 6.92 Å². The van der Waals surface area contributed by atoms with Crippen LogP contribution in [0.1, 0.15) is 15.9 Å². The van der Waals surface area contributed by atoms with Gasteiger partial charge in [0.15, 0.2) is 0 Å². The molecule has 2 N–H and O–H groups in total. The number of amides is 1. The lowest BCUT2D eigenvalue weighted by molar-refractivity contribution is 0.0955. The second kappa shape index (κ2) is 7.23. The fraction of sp³-hybridized carbons (Fsp3) is 0.267. The molecule has 0 aliphatic heterocycles. The Bertz CT molecular complexity index is 599. The number of aromatic nitrogens is 2. The molecule has 0 aliphatic rings. The Hall–Kier alpha value is -2.63. The molecule has 0 unspecified atom stereocenters. The van der Waals surface area contributed by atoms with Crippen molar-refractivity contribution < 1.29 is 9.53 Å². The zero-order valence-corrected chi connectivity index (χ0v) is 12.1. The van der Waals surface area contributed by atoms with Crippen molar-refractivity contribution in [1.82, 2.24) is 15.3 Å². The van der Waals surface area contributed by atoms with E-state index in [0.717, 1.165) is 5.56 Å². The predicted octanol–water partition coefficient (Wildman–Crippen LogP) is 1.64. The summed E-state index contributed by atoms with van der Waals surface area (Å²) >= 11 is 0. The lowest BCUT2D eigenvalue weighted by Gasteiger charge is -2.08. The number of ether oxygens (including phenoxy) is 1. The summed E-state index contributed by atoms with van der Waals surface area (Å²) in [5.41, 5.74) is 1.79. The number of anilines is 1. The summed E-state index contributed by atoms with van der Waals surface area (Å²) in [5.74, 6) is 1.07. The van der Waals surface area contributed by atoms with Crippen LogP contribution >= 0.6 is 0 Å². The van der Waals surface area contributed by atoms with Gasteiger partial charge in [0.2, 0.25) is 5.88 Å². The monoisotopic (exact) mass is 286 g/mol. The first-order chi connectivity index (χ1) is 10.2. The first-order valence-corrected chi connectivity index (χ1v) is 6.64. The fourth-order valence-electron chi connectivity index (χ4n) is 1.72. The van der Waals surface area contributed by atoms with Crippen LogP contribution in [-0.4, -0.2) is 36.1 Å². The molecule has 0 saturated carbocycles. The van der Waals surface area contributed by atoms with Gasteiger partial charge in [0.05, 0.1) is 7.11 Å². The number of methoxy groups -OCH3 is 1. The van der Waals surface area contributed by atoms with Crippen molar-refractivity contribution in [1.29, 1.82) is 0 Å². The maximum atomic E-state index is 11.9. The van der Waals surface area contributed by atoms with Gasteiger partial charge in [-0.05, 0) is 19.1 Å². The zero-order chi connectivity index (χ0) is 15.1. The molecule has 0 atom stereocenters. The van der Waals surface area contributed by atoms with E-state index >= 15 is 0 Å². The van der Waals surface area contributed by atoms with E-state index in [-0.39, 0.29) is 5.91 Å². The number of hydrogen-bond donors (Lipinski definition) is 2. The quantitative estimate of drug-likeness (QED) is 0.789. The van der Waals surface area contributed by atoms with Gasteiger partial charge in [-0.2, -0.15) is 0 Å². The molecule has 110 valence electrons. The Labute approximate surface area is 123 Å². The highest BCUT2D eigenvalue weighted by Gasteiger charge is 2.04. The third kappa shape index (κ3) is 4.45. The van der Waals surface area contributed by atoms with Crippen LogP contribution in [0.3, 0.4) is 0 Å². The van der Waals surface area contributed by atoms with Crippen molar-refractivity contribution in [2.45, 2.75) is 6.92 Å². The van der Waals surface area contributed by atoms with E-state index in [1.165, 1.54) is 6.33 Å². The van der Waals surface area contributed by atoms with E-state index in [1.54, 1.807) is 13.2 Å². The summed E-state index contributed by atoms with van der Waals surface area (Å²) < 4.78 is 5.01. The van der Waals surface area contributed by atoms with Gasteiger partial charge in [0.1, 0.15) is 12.1 Å². The summed E-state index contributed by atoms with van der Waals surface area (Å²) in [6.07, 6.45) is 1.42. The number of nitrogens with one attached hydrogen (secondary N) is 2. The average molecular weight is 286 g/mol. The Morgan fingerprint density at radius 3 is 2.67 bits per heavy atom. The fourth-order valence-corrected chi connectivity index (χ4v) is 1.72. The van der Waals surface area contributed by atoms with E-state index in [0.29, 0.717) is 30.4 Å². The molecule has 1 aromatic heterocycles. The highest BCUT2D eigenvalue weighted by molar-refractivity contribution is 5.94. The smallest absolute Gasteiger partial charge is 0.251 e. The summed E-state index contributed by atoms with van der Waals surface area (Å²) in [6.45, 7) is 3.05. The Kier molecular flexibility index (Phi) is 5.09. The summed E-state index contributed by atoms with van der Waals surface area (Å²) in [5, 5.41) is 5.93. The number of aryl methyl sites for hydroxylation is 1. The van der Waals surface area contributed by atoms with Gasteiger partial charge in [0.25, 0.3) is 5.91 Å². The molecule has 2 rings (SSSR count). The van der Waals surface area contributed by atoms with Crippen molar-refractivity contribution in [3.05, 3.63) is 47.8 Å². The first kappa shape index (κ1) is 14.8. The third-order valence-corrected chi connectivity index (χ3v) is 2.88. The van der Waals surface area contributed by atoms with E-state index in [1.807, 2.05) is 31.2 Å². The lowest BCUT2D eigenvalue weighted by atomic mass is 10.1. The van der Waals surface area contributed by atoms with Crippen molar-refractivity contribution in [2.24, 2.45) is 0 Å². The number of benzene rings is 1. The standard InChI is InChI=1S/C15H18N4O2/c1-11-3-5-12(6-4-11)15(20)17-8-7-16-13-9-14(21-2)19-10-18-13/h3-6,9-10H,7-8H2,1-2H3,(H,17,20)(H,16,18,19). The lowest BCUT2D eigenvalue weighted by Crippen LogP contribution is -2.28. The molecule has 0 spiro atoms. The van der Waals surface area contributed by atoms with Crippen molar-refractivity contribution in [3.8, 4) is 5.88 Å². The SMILES string of the molecule is COc1cc(NCCNC(=O)c2ccc(C)cc2)ncn1. The second-order valence-corrected chi connectivity index (χ2v) is 4.49. The molecule has 1 aromatic carbocycles. The van der Waals surface area contributed by atoms with Gasteiger partial charge in [-0.15, -0.1) is 0 Å². The van der Waals surface area contributed by atoms with Gasteiger partial charge >= 0.3 is 0 Å². The topological polar surface area (TPSA) is 76.1 Å². The Balaban J connectivity index is 1.76. The van der Waals surface area contributed by atoms with Gasteiger partial charge in [-0.25, -0.2) is 9.97 Å². The van der Waals surface area contributed by atoms with E-state index in [2.05, 4.69) is 20.6 Å². The molecule has 6 nitrogen and oxygen atoms in total.